The molecule has 0 spiro atoms. The lowest BCUT2D eigenvalue weighted by Crippen LogP contribution is -2.59. The summed E-state index contributed by atoms with van der Waals surface area (Å²) in [6.07, 6.45) is 26.4. The van der Waals surface area contributed by atoms with Crippen LogP contribution in [0.15, 0.2) is 48.6 Å². The molecule has 0 aromatic heterocycles. The maximum absolute atomic E-state index is 12.6. The topological polar surface area (TPSA) is 152 Å². The zero-order valence-corrected chi connectivity index (χ0v) is 30.2. The van der Waals surface area contributed by atoms with Crippen molar-refractivity contribution < 1.29 is 49.0 Å². The predicted molar refractivity (Wildman–Crippen MR) is 192 cm³/mol. The standard InChI is InChI=1S/C39H66O10/c1-3-5-7-8-9-10-11-12-13-14-15-16-17-18-19-20-21-22-23-24-26-28-35(42)48-32(30-46-34(41)27-25-6-4-2)31-47-39-38(45)37(44)36(43)33(29-40)49-39/h5,7,9-10,12-13,15-16,32-33,36-40,43-45H,3-4,6,8,11,14,17-31H2,1-2H3/b7-5-,10-9-,13-12-,16-15-. The second-order valence-electron chi connectivity index (χ2n) is 12.7. The summed E-state index contributed by atoms with van der Waals surface area (Å²) in [5.74, 6) is -0.850. The van der Waals surface area contributed by atoms with Crippen LogP contribution < -0.4 is 0 Å². The third-order valence-electron chi connectivity index (χ3n) is 8.23. The third kappa shape index (κ3) is 22.9. The van der Waals surface area contributed by atoms with Crippen molar-refractivity contribution in [3.05, 3.63) is 48.6 Å². The SMILES string of the molecule is CC/C=C\C/C=C\C/C=C\C/C=C\CCCCCCCCCCC(=O)OC(COC(=O)CCCCC)COC1OC(CO)C(O)C(O)C1O. The van der Waals surface area contributed by atoms with Gasteiger partial charge in [-0.3, -0.25) is 9.59 Å². The summed E-state index contributed by atoms with van der Waals surface area (Å²) in [5, 5.41) is 39.7. The van der Waals surface area contributed by atoms with E-state index < -0.39 is 55.4 Å². The van der Waals surface area contributed by atoms with Crippen LogP contribution in [-0.4, -0.2) is 89.0 Å². The molecule has 1 saturated heterocycles. The highest BCUT2D eigenvalue weighted by Gasteiger charge is 2.44. The molecule has 6 atom stereocenters. The summed E-state index contributed by atoms with van der Waals surface area (Å²) in [5.41, 5.74) is 0. The number of allylic oxidation sites excluding steroid dienone is 8. The molecule has 282 valence electrons. The van der Waals surface area contributed by atoms with E-state index in [1.807, 2.05) is 6.92 Å². The molecule has 1 heterocycles. The highest BCUT2D eigenvalue weighted by atomic mass is 16.7. The summed E-state index contributed by atoms with van der Waals surface area (Å²) >= 11 is 0. The van der Waals surface area contributed by atoms with Gasteiger partial charge in [0.1, 0.15) is 31.0 Å². The number of aliphatic hydroxyl groups is 4. The molecule has 6 unspecified atom stereocenters. The molecule has 0 amide bonds. The van der Waals surface area contributed by atoms with Crippen LogP contribution in [0, 0.1) is 0 Å². The van der Waals surface area contributed by atoms with Gasteiger partial charge in [-0.15, -0.1) is 0 Å². The summed E-state index contributed by atoms with van der Waals surface area (Å²) in [6, 6.07) is 0. The van der Waals surface area contributed by atoms with Crippen molar-refractivity contribution in [1.82, 2.24) is 0 Å². The molecule has 0 aromatic rings. The van der Waals surface area contributed by atoms with Crippen molar-refractivity contribution in [3.8, 4) is 0 Å². The number of carbonyl (C=O) groups excluding carboxylic acids is 2. The molecule has 10 heteroatoms. The van der Waals surface area contributed by atoms with Gasteiger partial charge in [0.05, 0.1) is 13.2 Å². The van der Waals surface area contributed by atoms with E-state index in [2.05, 4.69) is 55.5 Å². The summed E-state index contributed by atoms with van der Waals surface area (Å²) < 4.78 is 21.8. The molecule has 1 rings (SSSR count). The molecule has 1 fully saturated rings. The van der Waals surface area contributed by atoms with Crippen LogP contribution >= 0.6 is 0 Å². The van der Waals surface area contributed by atoms with Crippen LogP contribution in [0.2, 0.25) is 0 Å². The van der Waals surface area contributed by atoms with E-state index in [0.717, 1.165) is 64.2 Å². The second kappa shape index (κ2) is 30.5. The minimum absolute atomic E-state index is 0.218. The lowest BCUT2D eigenvalue weighted by atomic mass is 9.99. The monoisotopic (exact) mass is 694 g/mol. The molecule has 1 aliphatic rings. The summed E-state index contributed by atoms with van der Waals surface area (Å²) in [7, 11) is 0. The van der Waals surface area contributed by atoms with E-state index in [0.29, 0.717) is 12.8 Å². The lowest BCUT2D eigenvalue weighted by molar-refractivity contribution is -0.305. The Hall–Kier alpha value is -2.34. The molecule has 0 aliphatic carbocycles. The van der Waals surface area contributed by atoms with Crippen LogP contribution in [0.4, 0.5) is 0 Å². The molecule has 49 heavy (non-hydrogen) atoms. The molecular weight excluding hydrogens is 628 g/mol. The van der Waals surface area contributed by atoms with E-state index in [9.17, 15) is 30.0 Å². The fourth-order valence-corrected chi connectivity index (χ4v) is 5.24. The molecule has 0 bridgehead atoms. The van der Waals surface area contributed by atoms with E-state index >= 15 is 0 Å². The van der Waals surface area contributed by atoms with Crippen molar-refractivity contribution in [2.24, 2.45) is 0 Å². The number of hydrogen-bond donors (Lipinski definition) is 4. The number of carbonyl (C=O) groups is 2. The van der Waals surface area contributed by atoms with Crippen molar-refractivity contribution in [1.29, 1.82) is 0 Å². The third-order valence-corrected chi connectivity index (χ3v) is 8.23. The Bertz CT molecular complexity index is 944. The number of unbranched alkanes of at least 4 members (excludes halogenated alkanes) is 10. The van der Waals surface area contributed by atoms with Gasteiger partial charge in [0.2, 0.25) is 0 Å². The fraction of sp³-hybridized carbons (Fsp3) is 0.744. The Balaban J connectivity index is 2.24. The van der Waals surface area contributed by atoms with Gasteiger partial charge >= 0.3 is 11.9 Å². The van der Waals surface area contributed by atoms with Crippen LogP contribution in [0.5, 0.6) is 0 Å². The van der Waals surface area contributed by atoms with Crippen LogP contribution in [0.3, 0.4) is 0 Å². The molecule has 10 nitrogen and oxygen atoms in total. The Morgan fingerprint density at radius 2 is 1.20 bits per heavy atom. The van der Waals surface area contributed by atoms with Gasteiger partial charge in [-0.05, 0) is 51.4 Å². The largest absolute Gasteiger partial charge is 0.462 e. The quantitative estimate of drug-likeness (QED) is 0.0386. The Morgan fingerprint density at radius 1 is 0.653 bits per heavy atom. The first-order valence-corrected chi connectivity index (χ1v) is 18.7. The highest BCUT2D eigenvalue weighted by molar-refractivity contribution is 5.70. The molecule has 0 radical (unpaired) electrons. The minimum Gasteiger partial charge on any atom is -0.462 e. The van der Waals surface area contributed by atoms with E-state index in [1.165, 1.54) is 25.7 Å². The first-order valence-electron chi connectivity index (χ1n) is 18.7. The number of ether oxygens (including phenoxy) is 4. The number of rotatable bonds is 29. The highest BCUT2D eigenvalue weighted by Crippen LogP contribution is 2.22. The molecule has 0 saturated carbocycles. The average molecular weight is 695 g/mol. The van der Waals surface area contributed by atoms with Gasteiger partial charge in [-0.1, -0.05) is 114 Å². The summed E-state index contributed by atoms with van der Waals surface area (Å²) in [4.78, 5) is 24.7. The number of aliphatic hydroxyl groups excluding tert-OH is 4. The molecular formula is C39H66O10. The normalized spacial score (nSPS) is 22.1. The number of esters is 2. The van der Waals surface area contributed by atoms with E-state index in [-0.39, 0.29) is 26.1 Å². The van der Waals surface area contributed by atoms with Crippen LogP contribution in [0.25, 0.3) is 0 Å². The second-order valence-corrected chi connectivity index (χ2v) is 12.7. The zero-order valence-electron chi connectivity index (χ0n) is 30.2. The Labute approximate surface area is 295 Å². The van der Waals surface area contributed by atoms with E-state index in [4.69, 9.17) is 18.9 Å². The van der Waals surface area contributed by atoms with Crippen molar-refractivity contribution >= 4 is 11.9 Å². The maximum atomic E-state index is 12.6. The van der Waals surface area contributed by atoms with Gasteiger partial charge in [0.25, 0.3) is 0 Å². The Morgan fingerprint density at radius 3 is 1.82 bits per heavy atom. The fourth-order valence-electron chi connectivity index (χ4n) is 5.24. The maximum Gasteiger partial charge on any atom is 0.306 e. The van der Waals surface area contributed by atoms with Gasteiger partial charge in [0, 0.05) is 12.8 Å². The van der Waals surface area contributed by atoms with Gasteiger partial charge in [-0.25, -0.2) is 0 Å². The van der Waals surface area contributed by atoms with Gasteiger partial charge < -0.3 is 39.4 Å². The molecule has 1 aliphatic heterocycles. The molecule has 0 aromatic carbocycles. The van der Waals surface area contributed by atoms with Gasteiger partial charge in [-0.2, -0.15) is 0 Å². The van der Waals surface area contributed by atoms with Crippen molar-refractivity contribution in [2.75, 3.05) is 19.8 Å². The first-order chi connectivity index (χ1) is 23.8. The average Bonchev–Trinajstić information content (AvgIpc) is 3.09. The van der Waals surface area contributed by atoms with Crippen LogP contribution in [0.1, 0.15) is 129 Å². The minimum atomic E-state index is -1.59. The van der Waals surface area contributed by atoms with Crippen molar-refractivity contribution in [2.45, 2.75) is 166 Å². The van der Waals surface area contributed by atoms with Gasteiger partial charge in [0.15, 0.2) is 12.4 Å². The lowest BCUT2D eigenvalue weighted by Gasteiger charge is -2.39. The zero-order chi connectivity index (χ0) is 36.0. The first kappa shape index (κ1) is 44.7. The van der Waals surface area contributed by atoms with E-state index in [1.54, 1.807) is 0 Å². The van der Waals surface area contributed by atoms with Crippen molar-refractivity contribution in [3.63, 3.8) is 0 Å². The number of hydrogen-bond acceptors (Lipinski definition) is 10. The smallest absolute Gasteiger partial charge is 0.306 e. The Kier molecular flexibility index (Phi) is 27.8. The molecule has 4 N–H and O–H groups in total. The predicted octanol–water partition coefficient (Wildman–Crippen LogP) is 6.54. The summed E-state index contributed by atoms with van der Waals surface area (Å²) in [6.45, 7) is 3.08. The van der Waals surface area contributed by atoms with Crippen LogP contribution in [-0.2, 0) is 28.5 Å².